The molecule has 0 unspecified atom stereocenters. The SMILES string of the molecule is CCS(=O)(CC)=NC1CCC(CNc2ncc(S(=O)(=O)NC(=O)c3ccc(N4CCC5(CC4)CC(N4CCC[C@@H]4c4ccccc4C(C)C)C5)cc3Oc3cnc4[nH]ccc4c3)cc2[N+](=O)[O-])CC1. The minimum Gasteiger partial charge on any atom is -0.455 e. The molecule has 1 atom stereocenters. The third kappa shape index (κ3) is 10.5. The number of hydrogen-bond acceptors (Lipinski definition) is 13. The van der Waals surface area contributed by atoms with Crippen molar-refractivity contribution < 1.29 is 27.1 Å². The van der Waals surface area contributed by atoms with Crippen LogP contribution in [-0.4, -0.2) is 93.1 Å². The highest BCUT2D eigenvalue weighted by atomic mass is 32.2. The molecule has 1 spiro atoms. The Kier molecular flexibility index (Phi) is 14.1. The number of rotatable bonds is 16. The number of nitro groups is 1. The number of aromatic amines is 1. The quantitative estimate of drug-likeness (QED) is 0.0624. The number of carbonyl (C=O) groups excluding carboxylic acids is 1. The van der Waals surface area contributed by atoms with E-state index in [2.05, 4.69) is 77.3 Å². The van der Waals surface area contributed by atoms with Crippen molar-refractivity contribution in [3.8, 4) is 11.5 Å². The molecule has 1 amide bonds. The Morgan fingerprint density at radius 3 is 2.43 bits per heavy atom. The van der Waals surface area contributed by atoms with E-state index in [-0.39, 0.29) is 29.1 Å². The van der Waals surface area contributed by atoms with Crippen molar-refractivity contribution in [3.63, 3.8) is 0 Å². The maximum atomic E-state index is 14.0. The van der Waals surface area contributed by atoms with E-state index in [9.17, 15) is 27.5 Å². The molecule has 4 fully saturated rings. The Hall–Kier alpha value is -5.59. The van der Waals surface area contributed by atoms with Gasteiger partial charge in [-0.3, -0.25) is 19.8 Å². The highest BCUT2D eigenvalue weighted by Gasteiger charge is 2.50. The number of nitrogens with zero attached hydrogens (tertiary/aromatic N) is 6. The standard InChI is InChI=1S/C51H65N9O7S2/c1-5-68(64,6-2)56-37-15-13-35(14-16-37)31-53-49-46(60(62)63)28-41(33-55-49)69(65,66)57-50(61)44-18-17-38(27-47(44)67-40-26-36-19-22-52-48(36)54-32-40)58-24-20-51(21-25-58)29-39(30-51)59-23-9-12-45(59)43-11-8-7-10-42(43)34(3)4/h7-8,10-11,17-19,22,26-28,32-35,37,39,45H,5-6,9,12-16,20-21,23-25,29-31H2,1-4H3,(H,52,54)(H,53,55)(H,57,61)/t35?,37?,45-/m1/s1. The molecule has 69 heavy (non-hydrogen) atoms. The van der Waals surface area contributed by atoms with Crippen molar-refractivity contribution in [3.05, 3.63) is 106 Å². The highest BCUT2D eigenvalue weighted by Crippen LogP contribution is 2.54. The fraction of sp³-hybridized carbons (Fsp3) is 0.510. The van der Waals surface area contributed by atoms with E-state index in [0.717, 1.165) is 81.5 Å². The normalized spacial score (nSPS) is 21.1. The van der Waals surface area contributed by atoms with Crippen LogP contribution in [0.15, 0.2) is 88.5 Å². The summed E-state index contributed by atoms with van der Waals surface area (Å²) in [5.41, 5.74) is 4.18. The molecule has 9 rings (SSSR count). The van der Waals surface area contributed by atoms with Gasteiger partial charge in [0.2, 0.25) is 5.82 Å². The lowest BCUT2D eigenvalue weighted by atomic mass is 9.59. The average molecular weight is 980 g/mol. The zero-order chi connectivity index (χ0) is 48.5. The zero-order valence-corrected chi connectivity index (χ0v) is 41.7. The summed E-state index contributed by atoms with van der Waals surface area (Å²) in [6, 6.07) is 19.8. The number of aromatic nitrogens is 3. The maximum Gasteiger partial charge on any atom is 0.312 e. The fourth-order valence-corrected chi connectivity index (χ4v) is 13.6. The molecule has 0 radical (unpaired) electrons. The van der Waals surface area contributed by atoms with E-state index in [0.29, 0.717) is 52.9 Å². The minimum atomic E-state index is -4.64. The number of anilines is 2. The molecule has 2 saturated carbocycles. The van der Waals surface area contributed by atoms with Crippen LogP contribution < -0.4 is 19.7 Å². The summed E-state index contributed by atoms with van der Waals surface area (Å²) in [7, 11) is -6.84. The molecule has 5 aromatic rings. The van der Waals surface area contributed by atoms with Gasteiger partial charge in [0, 0.05) is 82.4 Å². The van der Waals surface area contributed by atoms with Gasteiger partial charge in [-0.05, 0) is 123 Å². The number of H-pyrrole nitrogens is 1. The first-order valence-corrected chi connectivity index (χ1v) is 28.0. The Morgan fingerprint density at radius 2 is 1.71 bits per heavy atom. The number of fused-ring (bicyclic) bond motifs is 1. The van der Waals surface area contributed by atoms with Gasteiger partial charge >= 0.3 is 5.69 Å². The summed E-state index contributed by atoms with van der Waals surface area (Å²) < 4.78 is 53.6. The molecule has 5 heterocycles. The molecule has 2 saturated heterocycles. The number of ether oxygens (including phenoxy) is 1. The number of hydrogen-bond donors (Lipinski definition) is 3. The largest absolute Gasteiger partial charge is 0.455 e. The number of piperidine rings is 1. The summed E-state index contributed by atoms with van der Waals surface area (Å²) in [6.07, 6.45) is 14.4. The molecule has 2 aromatic carbocycles. The highest BCUT2D eigenvalue weighted by molar-refractivity contribution is 7.93. The second-order valence-corrected chi connectivity index (χ2v) is 24.4. The second kappa shape index (κ2) is 20.0. The third-order valence-corrected chi connectivity index (χ3v) is 19.1. The van der Waals surface area contributed by atoms with Crippen LogP contribution in [-0.2, 0) is 19.8 Å². The van der Waals surface area contributed by atoms with E-state index >= 15 is 0 Å². The van der Waals surface area contributed by atoms with Crippen LogP contribution >= 0.6 is 0 Å². The molecular formula is C51H65N9O7S2. The first kappa shape index (κ1) is 48.4. The second-order valence-electron chi connectivity index (χ2n) is 19.8. The van der Waals surface area contributed by atoms with Gasteiger partial charge in [0.1, 0.15) is 22.0 Å². The zero-order valence-electron chi connectivity index (χ0n) is 40.1. The Morgan fingerprint density at radius 1 is 0.957 bits per heavy atom. The van der Waals surface area contributed by atoms with Gasteiger partial charge in [0.15, 0.2) is 0 Å². The summed E-state index contributed by atoms with van der Waals surface area (Å²) in [6.45, 7) is 11.6. The summed E-state index contributed by atoms with van der Waals surface area (Å²) in [5, 5.41) is 16.1. The van der Waals surface area contributed by atoms with Gasteiger partial charge in [-0.25, -0.2) is 31.7 Å². The first-order chi connectivity index (χ1) is 33.1. The van der Waals surface area contributed by atoms with Crippen molar-refractivity contribution in [2.45, 2.75) is 121 Å². The number of benzene rings is 2. The summed E-state index contributed by atoms with van der Waals surface area (Å²) in [5.74, 6) is 1.17. The lowest BCUT2D eigenvalue weighted by Crippen LogP contribution is -2.54. The number of likely N-dealkylation sites (tertiary alicyclic amines) is 1. The predicted molar refractivity (Wildman–Crippen MR) is 270 cm³/mol. The van der Waals surface area contributed by atoms with Crippen LogP contribution in [0.2, 0.25) is 0 Å². The summed E-state index contributed by atoms with van der Waals surface area (Å²) in [4.78, 5) is 41.8. The molecule has 0 bridgehead atoms. The summed E-state index contributed by atoms with van der Waals surface area (Å²) >= 11 is 0. The van der Waals surface area contributed by atoms with Gasteiger partial charge < -0.3 is 19.9 Å². The molecule has 3 N–H and O–H groups in total. The number of pyridine rings is 2. The van der Waals surface area contributed by atoms with E-state index < -0.39 is 41.2 Å². The number of amides is 1. The van der Waals surface area contributed by atoms with Gasteiger partial charge in [-0.2, -0.15) is 0 Å². The smallest absolute Gasteiger partial charge is 0.312 e. The van der Waals surface area contributed by atoms with Crippen molar-refractivity contribution >= 4 is 53.9 Å². The monoisotopic (exact) mass is 979 g/mol. The van der Waals surface area contributed by atoms with Crippen molar-refractivity contribution in [1.29, 1.82) is 0 Å². The van der Waals surface area contributed by atoms with Crippen LogP contribution in [0.25, 0.3) is 11.0 Å². The Bertz CT molecular complexity index is 2920. The molecule has 3 aromatic heterocycles. The molecule has 18 heteroatoms. The van der Waals surface area contributed by atoms with Gasteiger partial charge in [-0.15, -0.1) is 0 Å². The van der Waals surface area contributed by atoms with E-state index in [4.69, 9.17) is 4.74 Å². The molecule has 16 nitrogen and oxygen atoms in total. The molecule has 2 aliphatic heterocycles. The van der Waals surface area contributed by atoms with E-state index in [1.165, 1.54) is 43.0 Å². The molecule has 4 aliphatic rings. The van der Waals surface area contributed by atoms with Crippen LogP contribution in [0, 0.1) is 21.4 Å². The lowest BCUT2D eigenvalue weighted by Gasteiger charge is -2.56. The molecule has 2 aliphatic carbocycles. The van der Waals surface area contributed by atoms with Crippen molar-refractivity contribution in [2.24, 2.45) is 15.7 Å². The number of nitrogens with one attached hydrogen (secondary N) is 3. The van der Waals surface area contributed by atoms with E-state index in [1.807, 2.05) is 26.0 Å². The van der Waals surface area contributed by atoms with Crippen LogP contribution in [0.5, 0.6) is 11.5 Å². The number of carbonyl (C=O) groups is 1. The Balaban J connectivity index is 0.874. The average Bonchev–Trinajstić information content (AvgIpc) is 4.03. The molecular weight excluding hydrogens is 915 g/mol. The van der Waals surface area contributed by atoms with Crippen molar-refractivity contribution in [1.82, 2.24) is 24.6 Å². The third-order valence-electron chi connectivity index (χ3n) is 15.3. The maximum absolute atomic E-state index is 14.0. The van der Waals surface area contributed by atoms with Gasteiger partial charge in [0.05, 0.1) is 28.9 Å². The van der Waals surface area contributed by atoms with Crippen molar-refractivity contribution in [2.75, 3.05) is 47.9 Å². The van der Waals surface area contributed by atoms with E-state index in [1.54, 1.807) is 24.4 Å². The Labute approximate surface area is 405 Å². The molecule has 368 valence electrons. The predicted octanol–water partition coefficient (Wildman–Crippen LogP) is 9.97. The first-order valence-electron chi connectivity index (χ1n) is 24.7. The van der Waals surface area contributed by atoms with Crippen LogP contribution in [0.3, 0.4) is 0 Å². The number of sulfonamides is 1. The van der Waals surface area contributed by atoms with Crippen LogP contribution in [0.4, 0.5) is 17.2 Å². The fourth-order valence-electron chi connectivity index (χ4n) is 11.2. The lowest BCUT2D eigenvalue weighted by molar-refractivity contribution is -0.384. The van der Waals surface area contributed by atoms with Gasteiger partial charge in [0.25, 0.3) is 15.9 Å². The topological polar surface area (TPSA) is 205 Å². The van der Waals surface area contributed by atoms with Gasteiger partial charge in [-0.1, -0.05) is 52.0 Å². The van der Waals surface area contributed by atoms with Crippen LogP contribution in [0.1, 0.15) is 125 Å². The minimum absolute atomic E-state index is 0.0309.